The molecule has 0 unspecified atom stereocenters. The molecular weight excluding hydrogens is 335 g/mol. The van der Waals surface area contributed by atoms with E-state index in [9.17, 15) is 13.2 Å². The van der Waals surface area contributed by atoms with Gasteiger partial charge in [0.2, 0.25) is 15.9 Å². The van der Waals surface area contributed by atoms with Crippen molar-refractivity contribution in [3.63, 3.8) is 0 Å². The van der Waals surface area contributed by atoms with Crippen LogP contribution in [-0.2, 0) is 14.8 Å². The summed E-state index contributed by atoms with van der Waals surface area (Å²) >= 11 is 11.7. The van der Waals surface area contributed by atoms with Gasteiger partial charge in [-0.05, 0) is 31.0 Å². The van der Waals surface area contributed by atoms with Crippen molar-refractivity contribution in [2.45, 2.75) is 12.8 Å². The maximum absolute atomic E-state index is 12.2. The molecule has 1 aromatic carbocycles. The normalized spacial score (nSPS) is 17.7. The van der Waals surface area contributed by atoms with Gasteiger partial charge in [-0.1, -0.05) is 23.2 Å². The van der Waals surface area contributed by atoms with Gasteiger partial charge in [-0.25, -0.2) is 12.7 Å². The van der Waals surface area contributed by atoms with Crippen LogP contribution >= 0.6 is 23.2 Å². The molecule has 5 nitrogen and oxygen atoms in total. The van der Waals surface area contributed by atoms with E-state index in [-0.39, 0.29) is 11.8 Å². The smallest absolute Gasteiger partial charge is 0.227 e. The Morgan fingerprint density at radius 2 is 1.86 bits per heavy atom. The molecule has 0 aromatic heterocycles. The number of hydrogen-bond donors (Lipinski definition) is 1. The van der Waals surface area contributed by atoms with Crippen LogP contribution in [-0.4, -0.2) is 38.0 Å². The Morgan fingerprint density at radius 1 is 1.24 bits per heavy atom. The largest absolute Gasteiger partial charge is 0.326 e. The second-order valence-electron chi connectivity index (χ2n) is 5.05. The van der Waals surface area contributed by atoms with E-state index in [1.807, 2.05) is 0 Å². The van der Waals surface area contributed by atoms with Crippen molar-refractivity contribution in [3.05, 3.63) is 28.2 Å². The molecule has 1 saturated heterocycles. The van der Waals surface area contributed by atoms with Crippen LogP contribution in [0, 0.1) is 5.92 Å². The number of rotatable bonds is 3. The number of benzene rings is 1. The SMILES string of the molecule is CS(=O)(=O)N1CCC(C(=O)Nc2ccc(Cl)c(Cl)c2)CC1. The Kier molecular flexibility index (Phi) is 5.14. The zero-order valence-corrected chi connectivity index (χ0v) is 13.8. The number of piperidine rings is 1. The fraction of sp³-hybridized carbons (Fsp3) is 0.462. The molecular formula is C13H16Cl2N2O3S. The van der Waals surface area contributed by atoms with Gasteiger partial charge >= 0.3 is 0 Å². The van der Waals surface area contributed by atoms with E-state index in [0.29, 0.717) is 41.7 Å². The number of halogens is 2. The first-order valence-electron chi connectivity index (χ1n) is 6.48. The summed E-state index contributed by atoms with van der Waals surface area (Å²) in [4.78, 5) is 12.2. The minimum absolute atomic E-state index is 0.124. The molecule has 0 saturated carbocycles. The second kappa shape index (κ2) is 6.52. The Bertz CT molecular complexity index is 641. The lowest BCUT2D eigenvalue weighted by Crippen LogP contribution is -2.40. The van der Waals surface area contributed by atoms with Crippen LogP contribution < -0.4 is 5.32 Å². The maximum atomic E-state index is 12.2. The molecule has 1 amide bonds. The van der Waals surface area contributed by atoms with Crippen molar-refractivity contribution in [1.82, 2.24) is 4.31 Å². The molecule has 2 rings (SSSR count). The molecule has 1 aliphatic rings. The Balaban J connectivity index is 1.95. The van der Waals surface area contributed by atoms with E-state index >= 15 is 0 Å². The first-order chi connectivity index (χ1) is 9.77. The molecule has 116 valence electrons. The number of amides is 1. The minimum atomic E-state index is -3.17. The highest BCUT2D eigenvalue weighted by Crippen LogP contribution is 2.26. The standard InChI is InChI=1S/C13H16Cl2N2O3S/c1-21(19,20)17-6-4-9(5-7-17)13(18)16-10-2-3-11(14)12(15)8-10/h2-3,8-9H,4-7H2,1H3,(H,16,18). The molecule has 0 atom stereocenters. The predicted octanol–water partition coefficient (Wildman–Crippen LogP) is 2.60. The van der Waals surface area contributed by atoms with E-state index in [1.165, 1.54) is 10.6 Å². The minimum Gasteiger partial charge on any atom is -0.326 e. The van der Waals surface area contributed by atoms with Gasteiger partial charge in [0, 0.05) is 24.7 Å². The molecule has 1 heterocycles. The topological polar surface area (TPSA) is 66.5 Å². The summed E-state index contributed by atoms with van der Waals surface area (Å²) < 4.78 is 24.2. The van der Waals surface area contributed by atoms with E-state index in [1.54, 1.807) is 18.2 Å². The van der Waals surface area contributed by atoms with Gasteiger partial charge < -0.3 is 5.32 Å². The fourth-order valence-corrected chi connectivity index (χ4v) is 3.44. The molecule has 0 spiro atoms. The first-order valence-corrected chi connectivity index (χ1v) is 9.09. The average Bonchev–Trinajstić information content (AvgIpc) is 2.42. The number of sulfonamides is 1. The van der Waals surface area contributed by atoms with Crippen molar-refractivity contribution in [3.8, 4) is 0 Å². The Labute approximate surface area is 134 Å². The molecule has 1 aliphatic heterocycles. The van der Waals surface area contributed by atoms with Crippen LogP contribution in [0.1, 0.15) is 12.8 Å². The summed E-state index contributed by atoms with van der Waals surface area (Å²) in [5.74, 6) is -0.320. The van der Waals surface area contributed by atoms with Crippen molar-refractivity contribution >= 4 is 44.8 Å². The van der Waals surface area contributed by atoms with Crippen molar-refractivity contribution in [2.75, 3.05) is 24.7 Å². The highest BCUT2D eigenvalue weighted by Gasteiger charge is 2.28. The van der Waals surface area contributed by atoms with Crippen molar-refractivity contribution in [2.24, 2.45) is 5.92 Å². The van der Waals surface area contributed by atoms with Crippen molar-refractivity contribution in [1.29, 1.82) is 0 Å². The van der Waals surface area contributed by atoms with Gasteiger partial charge in [-0.2, -0.15) is 0 Å². The van der Waals surface area contributed by atoms with Gasteiger partial charge in [-0.15, -0.1) is 0 Å². The number of carbonyl (C=O) groups is 1. The van der Waals surface area contributed by atoms with E-state index in [0.717, 1.165) is 0 Å². The number of hydrogen-bond acceptors (Lipinski definition) is 3. The molecule has 0 radical (unpaired) electrons. The number of carbonyl (C=O) groups excluding carboxylic acids is 1. The summed E-state index contributed by atoms with van der Waals surface area (Å²) in [6.45, 7) is 0.747. The second-order valence-corrected chi connectivity index (χ2v) is 7.85. The quantitative estimate of drug-likeness (QED) is 0.910. The van der Waals surface area contributed by atoms with Crippen LogP contribution in [0.25, 0.3) is 0 Å². The maximum Gasteiger partial charge on any atom is 0.227 e. The predicted molar refractivity (Wildman–Crippen MR) is 84.2 cm³/mol. The van der Waals surface area contributed by atoms with E-state index < -0.39 is 10.0 Å². The van der Waals surface area contributed by atoms with E-state index in [2.05, 4.69) is 5.32 Å². The van der Waals surface area contributed by atoms with Crippen LogP contribution in [0.4, 0.5) is 5.69 Å². The molecule has 8 heteroatoms. The van der Waals surface area contributed by atoms with Crippen LogP contribution in [0.15, 0.2) is 18.2 Å². The van der Waals surface area contributed by atoms with Crippen LogP contribution in [0.2, 0.25) is 10.0 Å². The highest BCUT2D eigenvalue weighted by atomic mass is 35.5. The molecule has 21 heavy (non-hydrogen) atoms. The molecule has 0 aliphatic carbocycles. The lowest BCUT2D eigenvalue weighted by Gasteiger charge is -2.29. The summed E-state index contributed by atoms with van der Waals surface area (Å²) in [5.41, 5.74) is 0.583. The van der Waals surface area contributed by atoms with Crippen LogP contribution in [0.5, 0.6) is 0 Å². The number of anilines is 1. The van der Waals surface area contributed by atoms with Gasteiger partial charge in [0.05, 0.1) is 16.3 Å². The zero-order chi connectivity index (χ0) is 15.6. The summed E-state index contributed by atoms with van der Waals surface area (Å²) in [6, 6.07) is 4.89. The third-order valence-electron chi connectivity index (χ3n) is 3.48. The van der Waals surface area contributed by atoms with Gasteiger partial charge in [0.15, 0.2) is 0 Å². The molecule has 1 N–H and O–H groups in total. The zero-order valence-electron chi connectivity index (χ0n) is 11.5. The molecule has 1 fully saturated rings. The first kappa shape index (κ1) is 16.5. The average molecular weight is 351 g/mol. The summed E-state index contributed by atoms with van der Waals surface area (Å²) in [6.07, 6.45) is 2.21. The summed E-state index contributed by atoms with van der Waals surface area (Å²) in [5, 5.41) is 3.59. The van der Waals surface area contributed by atoms with Gasteiger partial charge in [-0.3, -0.25) is 4.79 Å². The van der Waals surface area contributed by atoms with Crippen molar-refractivity contribution < 1.29 is 13.2 Å². The number of nitrogens with zero attached hydrogens (tertiary/aromatic N) is 1. The van der Waals surface area contributed by atoms with Gasteiger partial charge in [0.1, 0.15) is 0 Å². The third kappa shape index (κ3) is 4.32. The Morgan fingerprint density at radius 3 is 2.38 bits per heavy atom. The fourth-order valence-electron chi connectivity index (χ4n) is 2.27. The summed E-state index contributed by atoms with van der Waals surface area (Å²) in [7, 11) is -3.17. The molecule has 0 bridgehead atoms. The van der Waals surface area contributed by atoms with E-state index in [4.69, 9.17) is 23.2 Å². The lowest BCUT2D eigenvalue weighted by atomic mass is 9.97. The Hall–Kier alpha value is -0.820. The highest BCUT2D eigenvalue weighted by molar-refractivity contribution is 7.88. The number of nitrogens with one attached hydrogen (secondary N) is 1. The van der Waals surface area contributed by atoms with Gasteiger partial charge in [0.25, 0.3) is 0 Å². The monoisotopic (exact) mass is 350 g/mol. The van der Waals surface area contributed by atoms with Crippen LogP contribution in [0.3, 0.4) is 0 Å². The molecule has 1 aromatic rings. The third-order valence-corrected chi connectivity index (χ3v) is 5.52. The lowest BCUT2D eigenvalue weighted by molar-refractivity contribution is -0.120.